The third-order valence-corrected chi connectivity index (χ3v) is 1.57. The van der Waals surface area contributed by atoms with Crippen LogP contribution in [0.4, 0.5) is 4.79 Å². The largest absolute Gasteiger partial charge is 0.444 e. The Labute approximate surface area is 101 Å². The number of aliphatic imine (C=N–C) groups is 1. The lowest BCUT2D eigenvalue weighted by Gasteiger charge is -2.19. The Hall–Kier alpha value is -1.29. The first-order chi connectivity index (χ1) is 7.24. The molecule has 0 aromatic carbocycles. The van der Waals surface area contributed by atoms with E-state index in [1.807, 2.05) is 0 Å². The number of rotatable bonds is 3. The number of amides is 1. The zero-order chi connectivity index (χ0) is 12.8. The van der Waals surface area contributed by atoms with Gasteiger partial charge in [0.1, 0.15) is 10.8 Å². The average molecular weight is 245 g/mol. The predicted octanol–water partition coefficient (Wildman–Crippen LogP) is 3.20. The highest BCUT2D eigenvalue weighted by molar-refractivity contribution is 6.29. The number of nitrogens with zero attached hydrogens (tertiary/aromatic N) is 1. The summed E-state index contributed by atoms with van der Waals surface area (Å²) in [5.74, 6) is 0. The third-order valence-electron chi connectivity index (χ3n) is 1.32. The summed E-state index contributed by atoms with van der Waals surface area (Å²) in [6.45, 7) is 10.4. The average Bonchev–Trinajstić information content (AvgIpc) is 2.10. The van der Waals surface area contributed by atoms with E-state index in [1.54, 1.807) is 33.8 Å². The van der Waals surface area contributed by atoms with Crippen LogP contribution in [0.25, 0.3) is 0 Å². The molecule has 0 rings (SSSR count). The van der Waals surface area contributed by atoms with Gasteiger partial charge in [-0.05, 0) is 46.6 Å². The van der Waals surface area contributed by atoms with E-state index in [-0.39, 0.29) is 5.16 Å². The fraction of sp³-hybridized carbons (Fsp3) is 0.455. The molecular formula is C11H17ClN2O2. The van der Waals surface area contributed by atoms with Crippen LogP contribution in [0.1, 0.15) is 27.7 Å². The molecule has 0 atom stereocenters. The fourth-order valence-corrected chi connectivity index (χ4v) is 0.816. The van der Waals surface area contributed by atoms with E-state index in [1.165, 1.54) is 6.08 Å². The highest BCUT2D eigenvalue weighted by atomic mass is 35.5. The Bertz CT molecular complexity index is 327. The van der Waals surface area contributed by atoms with E-state index in [2.05, 4.69) is 17.0 Å². The Balaban J connectivity index is 4.30. The molecule has 0 aromatic heterocycles. The summed E-state index contributed by atoms with van der Waals surface area (Å²) in [5, 5.41) is 2.81. The minimum absolute atomic E-state index is 0.255. The number of hydrogen-bond acceptors (Lipinski definition) is 3. The number of allylic oxidation sites excluding steroid dienone is 3. The summed E-state index contributed by atoms with van der Waals surface area (Å²) < 4.78 is 5.06. The molecule has 0 aliphatic heterocycles. The normalized spacial score (nSPS) is 13.3. The molecule has 0 aliphatic carbocycles. The molecule has 0 saturated heterocycles. The maximum Gasteiger partial charge on any atom is 0.411 e. The van der Waals surface area contributed by atoms with Gasteiger partial charge in [0.2, 0.25) is 0 Å². The van der Waals surface area contributed by atoms with Crippen LogP contribution >= 0.6 is 11.6 Å². The van der Waals surface area contributed by atoms with Crippen LogP contribution in [0.2, 0.25) is 0 Å². The Morgan fingerprint density at radius 1 is 1.44 bits per heavy atom. The van der Waals surface area contributed by atoms with Gasteiger partial charge in [-0.15, -0.1) is 0 Å². The molecule has 0 fully saturated rings. The summed E-state index contributed by atoms with van der Waals surface area (Å²) >= 11 is 5.60. The zero-order valence-electron chi connectivity index (χ0n) is 10.0. The first kappa shape index (κ1) is 14.7. The Morgan fingerprint density at radius 3 is 2.44 bits per heavy atom. The Morgan fingerprint density at radius 2 is 2.00 bits per heavy atom. The molecule has 0 radical (unpaired) electrons. The topological polar surface area (TPSA) is 50.7 Å². The molecule has 0 saturated carbocycles. The molecule has 16 heavy (non-hydrogen) atoms. The van der Waals surface area contributed by atoms with Crippen LogP contribution in [0, 0.1) is 0 Å². The molecule has 1 amide bonds. The van der Waals surface area contributed by atoms with Crippen molar-refractivity contribution in [3.63, 3.8) is 0 Å². The molecular weight excluding hydrogens is 228 g/mol. The van der Waals surface area contributed by atoms with Crippen molar-refractivity contribution >= 4 is 24.4 Å². The molecule has 0 unspecified atom stereocenters. The van der Waals surface area contributed by atoms with Crippen molar-refractivity contribution in [2.75, 3.05) is 0 Å². The summed E-state index contributed by atoms with van der Waals surface area (Å²) in [6.07, 6.45) is 2.64. The van der Waals surface area contributed by atoms with Crippen molar-refractivity contribution in [1.82, 2.24) is 5.32 Å². The van der Waals surface area contributed by atoms with Gasteiger partial charge in [-0.3, -0.25) is 10.3 Å². The van der Waals surface area contributed by atoms with Gasteiger partial charge in [-0.25, -0.2) is 4.79 Å². The van der Waals surface area contributed by atoms with Gasteiger partial charge in [0.15, 0.2) is 0 Å². The van der Waals surface area contributed by atoms with Crippen LogP contribution in [0.15, 0.2) is 28.0 Å². The van der Waals surface area contributed by atoms with Crippen molar-refractivity contribution in [3.05, 3.63) is 23.0 Å². The number of hydrogen-bond donors (Lipinski definition) is 1. The van der Waals surface area contributed by atoms with E-state index >= 15 is 0 Å². The second-order valence-corrected chi connectivity index (χ2v) is 4.51. The van der Waals surface area contributed by atoms with Crippen LogP contribution in [-0.4, -0.2) is 18.4 Å². The number of carbonyl (C=O) groups is 1. The van der Waals surface area contributed by atoms with Crippen molar-refractivity contribution in [2.24, 2.45) is 4.99 Å². The van der Waals surface area contributed by atoms with Gasteiger partial charge in [-0.1, -0.05) is 11.6 Å². The van der Waals surface area contributed by atoms with Crippen LogP contribution in [0.5, 0.6) is 0 Å². The minimum atomic E-state index is -0.513. The number of alkyl carbamates (subject to hydrolysis) is 1. The van der Waals surface area contributed by atoms with Gasteiger partial charge in [0.25, 0.3) is 0 Å². The van der Waals surface area contributed by atoms with Gasteiger partial charge < -0.3 is 4.74 Å². The molecule has 5 heteroatoms. The van der Waals surface area contributed by atoms with Crippen LogP contribution in [-0.2, 0) is 4.74 Å². The fourth-order valence-electron chi connectivity index (χ4n) is 0.753. The molecule has 0 aliphatic rings. The smallest absolute Gasteiger partial charge is 0.411 e. The van der Waals surface area contributed by atoms with Crippen molar-refractivity contribution in [3.8, 4) is 0 Å². The zero-order valence-corrected chi connectivity index (χ0v) is 10.8. The van der Waals surface area contributed by atoms with E-state index in [0.717, 1.165) is 0 Å². The lowest BCUT2D eigenvalue weighted by molar-refractivity contribution is 0.0546. The SMILES string of the molecule is C=N/C(Cl)=C\C=C(/C)NC(=O)OC(C)(C)C. The first-order valence-electron chi connectivity index (χ1n) is 4.75. The monoisotopic (exact) mass is 244 g/mol. The maximum atomic E-state index is 11.3. The molecule has 1 N–H and O–H groups in total. The summed E-state index contributed by atoms with van der Waals surface area (Å²) in [4.78, 5) is 14.8. The summed E-state index contributed by atoms with van der Waals surface area (Å²) in [5.41, 5.74) is 0.0941. The van der Waals surface area contributed by atoms with Crippen molar-refractivity contribution < 1.29 is 9.53 Å². The predicted molar refractivity (Wildman–Crippen MR) is 66.6 cm³/mol. The Kier molecular flexibility index (Phi) is 5.82. The van der Waals surface area contributed by atoms with Gasteiger partial charge in [0, 0.05) is 5.70 Å². The number of carbonyl (C=O) groups excluding carboxylic acids is 1. The molecule has 4 nitrogen and oxygen atoms in total. The van der Waals surface area contributed by atoms with Crippen LogP contribution in [0.3, 0.4) is 0 Å². The third kappa shape index (κ3) is 8.05. The molecule has 0 spiro atoms. The summed E-state index contributed by atoms with van der Waals surface area (Å²) in [6, 6.07) is 0. The standard InChI is InChI=1S/C11H17ClN2O2/c1-8(6-7-9(12)13-5)14-10(15)16-11(2,3)4/h6-7H,5H2,1-4H3,(H,14,15)/b8-6+,9-7-. The van der Waals surface area contributed by atoms with Crippen molar-refractivity contribution in [2.45, 2.75) is 33.3 Å². The van der Waals surface area contributed by atoms with Gasteiger partial charge in [0.05, 0.1) is 0 Å². The molecule has 0 aromatic rings. The molecule has 0 bridgehead atoms. The van der Waals surface area contributed by atoms with Crippen molar-refractivity contribution in [1.29, 1.82) is 0 Å². The van der Waals surface area contributed by atoms with Crippen LogP contribution < -0.4 is 5.32 Å². The quantitative estimate of drug-likeness (QED) is 0.471. The van der Waals surface area contributed by atoms with Gasteiger partial charge in [-0.2, -0.15) is 0 Å². The lowest BCUT2D eigenvalue weighted by atomic mass is 10.2. The first-order valence-corrected chi connectivity index (χ1v) is 5.13. The molecule has 0 heterocycles. The molecule has 90 valence electrons. The number of halogens is 1. The minimum Gasteiger partial charge on any atom is -0.444 e. The highest BCUT2D eigenvalue weighted by Crippen LogP contribution is 2.07. The van der Waals surface area contributed by atoms with Gasteiger partial charge >= 0.3 is 6.09 Å². The van der Waals surface area contributed by atoms with E-state index in [9.17, 15) is 4.79 Å². The maximum absolute atomic E-state index is 11.3. The van der Waals surface area contributed by atoms with E-state index < -0.39 is 11.7 Å². The van der Waals surface area contributed by atoms with E-state index in [4.69, 9.17) is 16.3 Å². The second kappa shape index (κ2) is 6.33. The highest BCUT2D eigenvalue weighted by Gasteiger charge is 2.15. The van der Waals surface area contributed by atoms with E-state index in [0.29, 0.717) is 5.70 Å². The number of nitrogens with one attached hydrogen (secondary N) is 1. The second-order valence-electron chi connectivity index (χ2n) is 4.12. The number of ether oxygens (including phenoxy) is 1. The summed E-state index contributed by atoms with van der Waals surface area (Å²) in [7, 11) is 0. The lowest BCUT2D eigenvalue weighted by Crippen LogP contribution is -2.31.